The Balaban J connectivity index is 1.91. The zero-order valence-corrected chi connectivity index (χ0v) is 13.3. The van der Waals surface area contributed by atoms with Gasteiger partial charge >= 0.3 is 0 Å². The van der Waals surface area contributed by atoms with E-state index in [1.54, 1.807) is 7.11 Å². The fraction of sp³-hybridized carbons (Fsp3) is 1.00. The molecule has 1 unspecified atom stereocenters. The highest BCUT2D eigenvalue weighted by atomic mass is 16.5. The van der Waals surface area contributed by atoms with E-state index in [9.17, 15) is 0 Å². The van der Waals surface area contributed by atoms with Crippen LogP contribution in [0.3, 0.4) is 0 Å². The van der Waals surface area contributed by atoms with Gasteiger partial charge in [0, 0.05) is 32.3 Å². The van der Waals surface area contributed by atoms with Crippen LogP contribution in [0.1, 0.15) is 46.5 Å². The summed E-state index contributed by atoms with van der Waals surface area (Å²) in [4.78, 5) is 2.69. The molecule has 0 spiro atoms. The summed E-state index contributed by atoms with van der Waals surface area (Å²) >= 11 is 0. The van der Waals surface area contributed by atoms with Gasteiger partial charge in [0.15, 0.2) is 0 Å². The number of methoxy groups -OCH3 is 1. The summed E-state index contributed by atoms with van der Waals surface area (Å²) in [5.41, 5.74) is 0.707. The fourth-order valence-corrected chi connectivity index (χ4v) is 3.47. The van der Waals surface area contributed by atoms with Gasteiger partial charge in [0.1, 0.15) is 0 Å². The normalized spacial score (nSPS) is 30.3. The molecule has 0 aromatic rings. The van der Waals surface area contributed by atoms with Crippen molar-refractivity contribution in [1.82, 2.24) is 10.2 Å². The van der Waals surface area contributed by atoms with E-state index in [1.165, 1.54) is 45.4 Å². The van der Waals surface area contributed by atoms with Crippen molar-refractivity contribution in [2.75, 3.05) is 39.9 Å². The number of rotatable bonds is 6. The van der Waals surface area contributed by atoms with Crippen molar-refractivity contribution in [3.05, 3.63) is 0 Å². The lowest BCUT2D eigenvalue weighted by molar-refractivity contribution is 0.103. The molecule has 2 aliphatic rings. The second-order valence-electron chi connectivity index (χ2n) is 7.59. The molecule has 1 atom stereocenters. The maximum Gasteiger partial charge on any atom is 0.0467 e. The minimum Gasteiger partial charge on any atom is -0.385 e. The van der Waals surface area contributed by atoms with E-state index in [-0.39, 0.29) is 0 Å². The largest absolute Gasteiger partial charge is 0.385 e. The van der Waals surface area contributed by atoms with Crippen molar-refractivity contribution in [2.24, 2.45) is 11.3 Å². The van der Waals surface area contributed by atoms with Crippen LogP contribution in [-0.4, -0.2) is 50.3 Å². The average molecular weight is 268 g/mol. The van der Waals surface area contributed by atoms with Gasteiger partial charge in [0.05, 0.1) is 0 Å². The third-order valence-corrected chi connectivity index (χ3v) is 4.85. The standard InChI is InChI=1S/C16H32N2O/c1-15(2,8-11-19-4)12-18-10-5-9-17-16(3,13-18)14-6-7-14/h14,17H,5-13H2,1-4H3. The zero-order valence-electron chi connectivity index (χ0n) is 13.3. The molecule has 0 amide bonds. The van der Waals surface area contributed by atoms with E-state index in [2.05, 4.69) is 31.0 Å². The smallest absolute Gasteiger partial charge is 0.0467 e. The Bertz CT molecular complexity index is 288. The van der Waals surface area contributed by atoms with E-state index < -0.39 is 0 Å². The van der Waals surface area contributed by atoms with Crippen LogP contribution in [0.4, 0.5) is 0 Å². The quantitative estimate of drug-likeness (QED) is 0.801. The summed E-state index contributed by atoms with van der Waals surface area (Å²) in [5, 5.41) is 3.81. The summed E-state index contributed by atoms with van der Waals surface area (Å²) in [7, 11) is 1.80. The molecule has 1 N–H and O–H groups in total. The van der Waals surface area contributed by atoms with Crippen molar-refractivity contribution in [1.29, 1.82) is 0 Å². The zero-order chi connectivity index (χ0) is 13.9. The summed E-state index contributed by atoms with van der Waals surface area (Å²) in [6, 6.07) is 0. The van der Waals surface area contributed by atoms with Gasteiger partial charge < -0.3 is 15.0 Å². The third kappa shape index (κ3) is 4.44. The predicted molar refractivity (Wildman–Crippen MR) is 80.5 cm³/mol. The number of hydrogen-bond acceptors (Lipinski definition) is 3. The molecular formula is C16H32N2O. The summed E-state index contributed by atoms with van der Waals surface area (Å²) in [5.74, 6) is 0.912. The highest BCUT2D eigenvalue weighted by Gasteiger charge is 2.43. The Morgan fingerprint density at radius 3 is 2.74 bits per heavy atom. The van der Waals surface area contributed by atoms with Crippen LogP contribution in [0.25, 0.3) is 0 Å². The van der Waals surface area contributed by atoms with Gasteiger partial charge in [0.25, 0.3) is 0 Å². The molecule has 1 saturated heterocycles. The lowest BCUT2D eigenvalue weighted by Crippen LogP contribution is -2.52. The molecular weight excluding hydrogens is 236 g/mol. The molecule has 19 heavy (non-hydrogen) atoms. The molecule has 1 aliphatic carbocycles. The summed E-state index contributed by atoms with van der Waals surface area (Å²) in [6.07, 6.45) is 5.27. The SMILES string of the molecule is COCCC(C)(C)CN1CCCNC(C)(C2CC2)C1. The Kier molecular flexibility index (Phi) is 4.91. The number of hydrogen-bond donors (Lipinski definition) is 1. The highest BCUT2D eigenvalue weighted by molar-refractivity contribution is 5.01. The minimum absolute atomic E-state index is 0.352. The highest BCUT2D eigenvalue weighted by Crippen LogP contribution is 2.41. The topological polar surface area (TPSA) is 24.5 Å². The fourth-order valence-electron chi connectivity index (χ4n) is 3.47. The third-order valence-electron chi connectivity index (χ3n) is 4.85. The lowest BCUT2D eigenvalue weighted by Gasteiger charge is -2.37. The second kappa shape index (κ2) is 6.11. The molecule has 2 fully saturated rings. The van der Waals surface area contributed by atoms with Crippen molar-refractivity contribution in [3.8, 4) is 0 Å². The minimum atomic E-state index is 0.352. The summed E-state index contributed by atoms with van der Waals surface area (Å²) < 4.78 is 5.25. The molecule has 3 nitrogen and oxygen atoms in total. The molecule has 112 valence electrons. The molecule has 0 aromatic carbocycles. The lowest BCUT2D eigenvalue weighted by atomic mass is 9.88. The van der Waals surface area contributed by atoms with Crippen molar-refractivity contribution < 1.29 is 4.74 Å². The summed E-state index contributed by atoms with van der Waals surface area (Å²) in [6.45, 7) is 12.9. The molecule has 2 rings (SSSR count). The van der Waals surface area contributed by atoms with Gasteiger partial charge in [-0.3, -0.25) is 0 Å². The average Bonchev–Trinajstić information content (AvgIpc) is 3.14. The Morgan fingerprint density at radius 2 is 2.11 bits per heavy atom. The Hall–Kier alpha value is -0.120. The second-order valence-corrected chi connectivity index (χ2v) is 7.59. The number of nitrogens with zero attached hydrogens (tertiary/aromatic N) is 1. The molecule has 0 aromatic heterocycles. The van der Waals surface area contributed by atoms with E-state index in [0.29, 0.717) is 11.0 Å². The molecule has 0 radical (unpaired) electrons. The molecule has 1 aliphatic heterocycles. The van der Waals surface area contributed by atoms with Gasteiger partial charge in [-0.25, -0.2) is 0 Å². The first kappa shape index (κ1) is 15.3. The van der Waals surface area contributed by atoms with Crippen molar-refractivity contribution >= 4 is 0 Å². The molecule has 0 bridgehead atoms. The van der Waals surface area contributed by atoms with Gasteiger partial charge in [-0.15, -0.1) is 0 Å². The first-order chi connectivity index (χ1) is 8.95. The van der Waals surface area contributed by atoms with Gasteiger partial charge in [-0.05, 0) is 57.0 Å². The first-order valence-corrected chi connectivity index (χ1v) is 7.91. The molecule has 3 heteroatoms. The van der Waals surface area contributed by atoms with Crippen LogP contribution in [0.2, 0.25) is 0 Å². The number of ether oxygens (including phenoxy) is 1. The Morgan fingerprint density at radius 1 is 1.37 bits per heavy atom. The van der Waals surface area contributed by atoms with E-state index in [1.807, 2.05) is 0 Å². The van der Waals surface area contributed by atoms with Crippen molar-refractivity contribution in [3.63, 3.8) is 0 Å². The van der Waals surface area contributed by atoms with E-state index in [0.717, 1.165) is 18.9 Å². The van der Waals surface area contributed by atoms with Crippen LogP contribution in [-0.2, 0) is 4.74 Å². The van der Waals surface area contributed by atoms with Crippen molar-refractivity contribution in [2.45, 2.75) is 52.0 Å². The maximum atomic E-state index is 5.25. The monoisotopic (exact) mass is 268 g/mol. The van der Waals surface area contributed by atoms with E-state index in [4.69, 9.17) is 4.74 Å². The Labute approximate surface area is 119 Å². The van der Waals surface area contributed by atoms with Gasteiger partial charge in [-0.2, -0.15) is 0 Å². The van der Waals surface area contributed by atoms with Crippen LogP contribution in [0.5, 0.6) is 0 Å². The predicted octanol–water partition coefficient (Wildman–Crippen LogP) is 2.51. The van der Waals surface area contributed by atoms with Crippen LogP contribution >= 0.6 is 0 Å². The maximum absolute atomic E-state index is 5.25. The molecule has 1 heterocycles. The van der Waals surface area contributed by atoms with Gasteiger partial charge in [-0.1, -0.05) is 13.8 Å². The molecule has 1 saturated carbocycles. The first-order valence-electron chi connectivity index (χ1n) is 7.91. The number of nitrogens with one attached hydrogen (secondary N) is 1. The van der Waals surface area contributed by atoms with Crippen LogP contribution in [0, 0.1) is 11.3 Å². The van der Waals surface area contributed by atoms with Gasteiger partial charge in [0.2, 0.25) is 0 Å². The van der Waals surface area contributed by atoms with E-state index >= 15 is 0 Å². The van der Waals surface area contributed by atoms with Crippen LogP contribution in [0.15, 0.2) is 0 Å². The van der Waals surface area contributed by atoms with Crippen LogP contribution < -0.4 is 5.32 Å².